The van der Waals surface area contributed by atoms with Gasteiger partial charge in [0.25, 0.3) is 0 Å². The molecule has 1 atom stereocenters. The van der Waals surface area contributed by atoms with Crippen molar-refractivity contribution in [3.8, 4) is 0 Å². The van der Waals surface area contributed by atoms with E-state index in [1.165, 1.54) is 0 Å². The number of carboxylic acids is 1. The summed E-state index contributed by atoms with van der Waals surface area (Å²) in [4.78, 5) is 32.2. The lowest BCUT2D eigenvalue weighted by Crippen LogP contribution is -2.43. The van der Waals surface area contributed by atoms with Crippen LogP contribution in [0, 0.1) is 5.41 Å². The number of carboxylic acid groups (broad SMARTS) is 1. The molecular formula is C8H8F2O6. The van der Waals surface area contributed by atoms with E-state index >= 15 is 0 Å². The van der Waals surface area contributed by atoms with Crippen molar-refractivity contribution >= 4 is 17.9 Å². The van der Waals surface area contributed by atoms with Crippen molar-refractivity contribution in [2.75, 3.05) is 0 Å². The summed E-state index contributed by atoms with van der Waals surface area (Å²) in [5.74, 6) is -4.91. The number of aliphatic carboxylic acids is 1. The molecule has 0 aromatic heterocycles. The zero-order chi connectivity index (χ0) is 12.7. The number of cyclic esters (lactones) is 2. The molecule has 0 aliphatic carbocycles. The van der Waals surface area contributed by atoms with E-state index in [0.29, 0.717) is 0 Å². The predicted octanol–water partition coefficient (Wildman–Crippen LogP) is 0.159. The second kappa shape index (κ2) is 3.48. The number of halogens is 2. The lowest BCUT2D eigenvalue weighted by atomic mass is 9.89. The van der Waals surface area contributed by atoms with Crippen LogP contribution < -0.4 is 0 Å². The number of carbonyl (C=O) groups excluding carboxylic acids is 2. The standard InChI is InChI=1S/C8H8F2O6/c1-7(2)3(4(11)15-6(7)14)16-8(9,10)5(12)13/h3H,1-2H3,(H,12,13). The first-order valence-electron chi connectivity index (χ1n) is 4.14. The third-order valence-corrected chi connectivity index (χ3v) is 2.10. The minimum absolute atomic E-state index is 1.04. The Morgan fingerprint density at radius 1 is 1.50 bits per heavy atom. The fourth-order valence-corrected chi connectivity index (χ4v) is 1.07. The number of alkyl halides is 2. The lowest BCUT2D eigenvalue weighted by molar-refractivity contribution is -0.267. The average molecular weight is 238 g/mol. The average Bonchev–Trinajstić information content (AvgIpc) is 2.28. The number of carbonyl (C=O) groups is 3. The molecule has 8 heteroatoms. The van der Waals surface area contributed by atoms with Gasteiger partial charge in [-0.2, -0.15) is 8.78 Å². The van der Waals surface area contributed by atoms with E-state index < -0.39 is 35.5 Å². The van der Waals surface area contributed by atoms with Gasteiger partial charge in [0.2, 0.25) is 0 Å². The first-order chi connectivity index (χ1) is 7.09. The van der Waals surface area contributed by atoms with Crippen molar-refractivity contribution in [1.82, 2.24) is 0 Å². The Bertz CT molecular complexity index is 362. The monoisotopic (exact) mass is 238 g/mol. The highest BCUT2D eigenvalue weighted by molar-refractivity contribution is 6.00. The summed E-state index contributed by atoms with van der Waals surface area (Å²) in [6.45, 7) is 2.28. The van der Waals surface area contributed by atoms with Crippen molar-refractivity contribution < 1.29 is 37.7 Å². The van der Waals surface area contributed by atoms with Gasteiger partial charge in [-0.1, -0.05) is 0 Å². The minimum Gasteiger partial charge on any atom is -0.475 e. The van der Waals surface area contributed by atoms with Gasteiger partial charge in [-0.3, -0.25) is 9.53 Å². The highest BCUT2D eigenvalue weighted by Gasteiger charge is 2.57. The summed E-state index contributed by atoms with van der Waals surface area (Å²) in [6, 6.07) is 0. The number of rotatable bonds is 3. The van der Waals surface area contributed by atoms with Crippen LogP contribution in [0.1, 0.15) is 13.8 Å². The van der Waals surface area contributed by atoms with Crippen LogP contribution in [0.15, 0.2) is 0 Å². The Kier molecular flexibility index (Phi) is 2.72. The van der Waals surface area contributed by atoms with E-state index in [9.17, 15) is 23.2 Å². The molecule has 1 fully saturated rings. The molecular weight excluding hydrogens is 230 g/mol. The second-order valence-electron chi connectivity index (χ2n) is 3.75. The number of esters is 2. The maximum Gasteiger partial charge on any atom is 0.456 e. The smallest absolute Gasteiger partial charge is 0.456 e. The lowest BCUT2D eigenvalue weighted by Gasteiger charge is -2.22. The van der Waals surface area contributed by atoms with Gasteiger partial charge in [0.1, 0.15) is 5.41 Å². The van der Waals surface area contributed by atoms with E-state index in [-0.39, 0.29) is 0 Å². The van der Waals surface area contributed by atoms with Gasteiger partial charge in [-0.15, -0.1) is 0 Å². The molecule has 0 saturated carbocycles. The molecule has 1 N–H and O–H groups in total. The van der Waals surface area contributed by atoms with Crippen LogP contribution in [0.4, 0.5) is 8.78 Å². The van der Waals surface area contributed by atoms with Gasteiger partial charge in [0, 0.05) is 0 Å². The van der Waals surface area contributed by atoms with Gasteiger partial charge in [-0.25, -0.2) is 9.59 Å². The van der Waals surface area contributed by atoms with E-state index in [1.54, 1.807) is 0 Å². The highest BCUT2D eigenvalue weighted by Crippen LogP contribution is 2.35. The highest BCUT2D eigenvalue weighted by atomic mass is 19.3. The van der Waals surface area contributed by atoms with Crippen molar-refractivity contribution in [2.24, 2.45) is 5.41 Å². The predicted molar refractivity (Wildman–Crippen MR) is 42.3 cm³/mol. The van der Waals surface area contributed by atoms with Crippen LogP contribution in [-0.2, 0) is 23.9 Å². The van der Waals surface area contributed by atoms with Crippen LogP contribution in [0.25, 0.3) is 0 Å². The third kappa shape index (κ3) is 1.87. The number of hydrogen-bond acceptors (Lipinski definition) is 5. The SMILES string of the molecule is CC1(C)C(=O)OC(=O)C1OC(F)(F)C(=O)O. The summed E-state index contributed by atoms with van der Waals surface area (Å²) < 4.78 is 33.3. The molecule has 1 aliphatic rings. The van der Waals surface area contributed by atoms with Crippen molar-refractivity contribution in [2.45, 2.75) is 26.1 Å². The van der Waals surface area contributed by atoms with Gasteiger partial charge < -0.3 is 9.84 Å². The summed E-state index contributed by atoms with van der Waals surface area (Å²) in [6.07, 6.45) is -6.49. The molecule has 1 saturated heterocycles. The van der Waals surface area contributed by atoms with Crippen molar-refractivity contribution in [1.29, 1.82) is 0 Å². The Hall–Kier alpha value is -1.57. The fraction of sp³-hybridized carbons (Fsp3) is 0.625. The molecule has 1 aliphatic heterocycles. The molecule has 0 radical (unpaired) electrons. The molecule has 1 rings (SSSR count). The number of ether oxygens (including phenoxy) is 2. The minimum atomic E-state index is -4.55. The molecule has 0 aromatic rings. The summed E-state index contributed by atoms with van der Waals surface area (Å²) in [7, 11) is 0. The fourth-order valence-electron chi connectivity index (χ4n) is 1.07. The van der Waals surface area contributed by atoms with Gasteiger partial charge in [-0.05, 0) is 13.8 Å². The summed E-state index contributed by atoms with van der Waals surface area (Å²) in [5.41, 5.74) is -1.64. The van der Waals surface area contributed by atoms with Crippen LogP contribution in [0.5, 0.6) is 0 Å². The van der Waals surface area contributed by atoms with E-state index in [1.807, 2.05) is 0 Å². The third-order valence-electron chi connectivity index (χ3n) is 2.10. The largest absolute Gasteiger partial charge is 0.475 e. The molecule has 6 nitrogen and oxygen atoms in total. The molecule has 90 valence electrons. The van der Waals surface area contributed by atoms with Crippen molar-refractivity contribution in [3.63, 3.8) is 0 Å². The van der Waals surface area contributed by atoms with E-state index in [2.05, 4.69) is 9.47 Å². The zero-order valence-electron chi connectivity index (χ0n) is 8.32. The second-order valence-corrected chi connectivity index (χ2v) is 3.75. The molecule has 0 bridgehead atoms. The normalized spacial score (nSPS) is 24.4. The molecule has 0 amide bonds. The quantitative estimate of drug-likeness (QED) is 0.556. The van der Waals surface area contributed by atoms with Crippen molar-refractivity contribution in [3.05, 3.63) is 0 Å². The number of hydrogen-bond donors (Lipinski definition) is 1. The first kappa shape index (κ1) is 12.5. The summed E-state index contributed by atoms with van der Waals surface area (Å²) >= 11 is 0. The van der Waals surface area contributed by atoms with Crippen LogP contribution in [0.3, 0.4) is 0 Å². The molecule has 1 heterocycles. The van der Waals surface area contributed by atoms with Crippen LogP contribution in [0.2, 0.25) is 0 Å². The Balaban J connectivity index is 2.94. The Morgan fingerprint density at radius 2 is 2.00 bits per heavy atom. The van der Waals surface area contributed by atoms with E-state index in [4.69, 9.17) is 5.11 Å². The maximum absolute atomic E-state index is 12.7. The van der Waals surface area contributed by atoms with E-state index in [0.717, 1.165) is 13.8 Å². The molecule has 16 heavy (non-hydrogen) atoms. The topological polar surface area (TPSA) is 89.9 Å². The van der Waals surface area contributed by atoms with Gasteiger partial charge >= 0.3 is 24.0 Å². The Morgan fingerprint density at radius 3 is 2.31 bits per heavy atom. The van der Waals surface area contributed by atoms with Crippen LogP contribution in [-0.4, -0.2) is 35.2 Å². The zero-order valence-corrected chi connectivity index (χ0v) is 8.32. The first-order valence-corrected chi connectivity index (χ1v) is 4.14. The van der Waals surface area contributed by atoms with Crippen LogP contribution >= 0.6 is 0 Å². The molecule has 0 spiro atoms. The van der Waals surface area contributed by atoms with Gasteiger partial charge in [0.15, 0.2) is 6.10 Å². The molecule has 1 unspecified atom stereocenters. The molecule has 0 aromatic carbocycles. The summed E-state index contributed by atoms with van der Waals surface area (Å²) in [5, 5.41) is 8.11. The Labute approximate surface area is 88.1 Å². The maximum atomic E-state index is 12.7. The van der Waals surface area contributed by atoms with Gasteiger partial charge in [0.05, 0.1) is 0 Å².